The fraction of sp³-hybridized carbons (Fsp3) is 0. The lowest BCUT2D eigenvalue weighted by Crippen LogP contribution is -2.03. The molecule has 0 aliphatic heterocycles. The molecule has 53 heavy (non-hydrogen) atoms. The third-order valence-electron chi connectivity index (χ3n) is 10.8. The Morgan fingerprint density at radius 1 is 0.415 bits per heavy atom. The summed E-state index contributed by atoms with van der Waals surface area (Å²) in [6.07, 6.45) is 0. The standard InChI is InChI=1S/C48H27N3S2/c1-2-12-28(13-3-1)29-22-23-31-27-32(25-24-30(31)26-29)44-43-37-18-8-11-21-40(37)53-47(43)50-48(49-44)51-38-19-9-6-16-35(38)41-42-36-17-7-10-20-39(36)52-46(42)34-15-5-4-14-33(34)45(41)51/h1-27H. The summed E-state index contributed by atoms with van der Waals surface area (Å²) in [4.78, 5) is 12.1. The first-order valence-electron chi connectivity index (χ1n) is 17.8. The van der Waals surface area contributed by atoms with Crippen LogP contribution in [0, 0.1) is 0 Å². The molecule has 0 radical (unpaired) electrons. The summed E-state index contributed by atoms with van der Waals surface area (Å²) >= 11 is 3.63. The number of fused-ring (bicyclic) bond motifs is 14. The molecule has 0 aliphatic rings. The van der Waals surface area contributed by atoms with E-state index in [-0.39, 0.29) is 0 Å². The van der Waals surface area contributed by atoms with Gasteiger partial charge >= 0.3 is 0 Å². The van der Waals surface area contributed by atoms with Crippen molar-refractivity contribution in [2.45, 2.75) is 0 Å². The number of para-hydroxylation sites is 1. The van der Waals surface area contributed by atoms with Crippen LogP contribution in [0.25, 0.3) is 112 Å². The molecule has 0 aliphatic carbocycles. The highest BCUT2D eigenvalue weighted by atomic mass is 32.1. The van der Waals surface area contributed by atoms with Crippen LogP contribution in [0.5, 0.6) is 0 Å². The van der Waals surface area contributed by atoms with Gasteiger partial charge in [-0.25, -0.2) is 9.97 Å². The first kappa shape index (κ1) is 29.2. The number of thiophene rings is 2. The third kappa shape index (κ3) is 4.20. The van der Waals surface area contributed by atoms with Crippen LogP contribution in [0.15, 0.2) is 164 Å². The van der Waals surface area contributed by atoms with E-state index in [0.29, 0.717) is 5.95 Å². The average molecular weight is 710 g/mol. The normalized spacial score (nSPS) is 12.2. The molecule has 4 heterocycles. The molecule has 0 bridgehead atoms. The van der Waals surface area contributed by atoms with Crippen molar-refractivity contribution in [3.8, 4) is 28.3 Å². The van der Waals surface area contributed by atoms with Crippen LogP contribution in [-0.4, -0.2) is 14.5 Å². The Bertz CT molecular complexity index is 3460. The van der Waals surface area contributed by atoms with Gasteiger partial charge < -0.3 is 0 Å². The SMILES string of the molecule is c1ccc(-c2ccc3cc(-c4nc(-n5c6ccccc6c6c7c8ccccc8sc7c7ccccc7c65)nc5sc6ccccc6c45)ccc3c2)cc1. The van der Waals surface area contributed by atoms with Gasteiger partial charge in [-0.15, -0.1) is 22.7 Å². The van der Waals surface area contributed by atoms with Gasteiger partial charge in [0.25, 0.3) is 0 Å². The highest BCUT2D eigenvalue weighted by Gasteiger charge is 2.24. The monoisotopic (exact) mass is 709 g/mol. The maximum absolute atomic E-state index is 5.61. The molecular formula is C48H27N3S2. The van der Waals surface area contributed by atoms with E-state index < -0.39 is 0 Å². The van der Waals surface area contributed by atoms with E-state index in [1.807, 2.05) is 11.3 Å². The minimum absolute atomic E-state index is 0.689. The highest BCUT2D eigenvalue weighted by molar-refractivity contribution is 7.27. The second kappa shape index (κ2) is 11.1. The molecule has 5 heteroatoms. The maximum Gasteiger partial charge on any atom is 0.236 e. The second-order valence-corrected chi connectivity index (χ2v) is 15.8. The molecule has 8 aromatic carbocycles. The molecule has 0 saturated carbocycles. The summed E-state index contributed by atoms with van der Waals surface area (Å²) in [6.45, 7) is 0. The predicted molar refractivity (Wildman–Crippen MR) is 228 cm³/mol. The van der Waals surface area contributed by atoms with Crippen molar-refractivity contribution >= 4 is 106 Å². The van der Waals surface area contributed by atoms with Crippen molar-refractivity contribution in [3.63, 3.8) is 0 Å². The third-order valence-corrected chi connectivity index (χ3v) is 13.1. The highest BCUT2D eigenvalue weighted by Crippen LogP contribution is 2.48. The molecule has 3 nitrogen and oxygen atoms in total. The lowest BCUT2D eigenvalue weighted by atomic mass is 9.98. The van der Waals surface area contributed by atoms with Gasteiger partial charge in [0.2, 0.25) is 5.95 Å². The van der Waals surface area contributed by atoms with Crippen molar-refractivity contribution in [1.29, 1.82) is 0 Å². The fourth-order valence-corrected chi connectivity index (χ4v) is 10.8. The molecule has 12 aromatic rings. The Labute approximate surface area is 311 Å². The van der Waals surface area contributed by atoms with Gasteiger partial charge in [0, 0.05) is 62.8 Å². The molecule has 4 aromatic heterocycles. The van der Waals surface area contributed by atoms with Crippen LogP contribution >= 0.6 is 22.7 Å². The van der Waals surface area contributed by atoms with Gasteiger partial charge in [-0.3, -0.25) is 4.57 Å². The zero-order valence-electron chi connectivity index (χ0n) is 28.2. The lowest BCUT2D eigenvalue weighted by Gasteiger charge is -2.12. The second-order valence-electron chi connectivity index (χ2n) is 13.7. The Balaban J connectivity index is 1.19. The van der Waals surface area contributed by atoms with Crippen molar-refractivity contribution in [1.82, 2.24) is 14.5 Å². The van der Waals surface area contributed by atoms with Crippen molar-refractivity contribution in [3.05, 3.63) is 164 Å². The van der Waals surface area contributed by atoms with E-state index in [9.17, 15) is 0 Å². The Kier molecular flexibility index (Phi) is 6.09. The van der Waals surface area contributed by atoms with E-state index in [1.165, 1.54) is 73.7 Å². The van der Waals surface area contributed by atoms with E-state index in [1.54, 1.807) is 11.3 Å². The summed E-state index contributed by atoms with van der Waals surface area (Å²) in [5, 5.41) is 12.2. The molecule has 0 amide bonds. The number of hydrogen-bond donors (Lipinski definition) is 0. The number of rotatable bonds is 3. The molecule has 0 atom stereocenters. The molecule has 0 spiro atoms. The molecule has 0 N–H and O–H groups in total. The first-order chi connectivity index (χ1) is 26.3. The van der Waals surface area contributed by atoms with Crippen LogP contribution < -0.4 is 0 Å². The van der Waals surface area contributed by atoms with E-state index in [4.69, 9.17) is 9.97 Å². The van der Waals surface area contributed by atoms with Gasteiger partial charge in [0.05, 0.1) is 16.7 Å². The van der Waals surface area contributed by atoms with Gasteiger partial charge in [0.15, 0.2) is 0 Å². The van der Waals surface area contributed by atoms with Crippen molar-refractivity contribution in [2.75, 3.05) is 0 Å². The zero-order chi connectivity index (χ0) is 34.6. The molecule has 12 rings (SSSR count). The van der Waals surface area contributed by atoms with Crippen molar-refractivity contribution < 1.29 is 0 Å². The lowest BCUT2D eigenvalue weighted by molar-refractivity contribution is 1.02. The van der Waals surface area contributed by atoms with Crippen LogP contribution in [0.4, 0.5) is 0 Å². The number of hydrogen-bond acceptors (Lipinski definition) is 4. The van der Waals surface area contributed by atoms with Gasteiger partial charge in [0.1, 0.15) is 4.83 Å². The van der Waals surface area contributed by atoms with Gasteiger partial charge in [-0.05, 0) is 52.2 Å². The quantitative estimate of drug-likeness (QED) is 0.183. The Morgan fingerprint density at radius 3 is 1.81 bits per heavy atom. The predicted octanol–water partition coefficient (Wildman–Crippen LogP) is 13.9. The summed E-state index contributed by atoms with van der Waals surface area (Å²) in [6, 6.07) is 59.2. The minimum atomic E-state index is 0.689. The number of benzene rings is 8. The zero-order valence-corrected chi connectivity index (χ0v) is 29.9. The Hall–Kier alpha value is -6.40. The van der Waals surface area contributed by atoms with E-state index in [0.717, 1.165) is 32.5 Å². The smallest absolute Gasteiger partial charge is 0.236 e. The maximum atomic E-state index is 5.61. The van der Waals surface area contributed by atoms with Gasteiger partial charge in [-0.1, -0.05) is 133 Å². The fourth-order valence-electron chi connectivity index (χ4n) is 8.45. The topological polar surface area (TPSA) is 30.7 Å². The van der Waals surface area contributed by atoms with Crippen LogP contribution in [0.1, 0.15) is 0 Å². The molecular weight excluding hydrogens is 683 g/mol. The van der Waals surface area contributed by atoms with Crippen LogP contribution in [0.3, 0.4) is 0 Å². The Morgan fingerprint density at radius 2 is 1.02 bits per heavy atom. The molecule has 0 saturated heterocycles. The first-order valence-corrected chi connectivity index (χ1v) is 19.5. The summed E-state index contributed by atoms with van der Waals surface area (Å²) in [5.74, 6) is 0.689. The van der Waals surface area contributed by atoms with E-state index >= 15 is 0 Å². The largest absolute Gasteiger partial charge is 0.277 e. The van der Waals surface area contributed by atoms with Gasteiger partial charge in [-0.2, -0.15) is 0 Å². The molecule has 246 valence electrons. The molecule has 0 fully saturated rings. The van der Waals surface area contributed by atoms with Crippen LogP contribution in [0.2, 0.25) is 0 Å². The van der Waals surface area contributed by atoms with E-state index in [2.05, 4.69) is 168 Å². The number of nitrogens with zero attached hydrogens (tertiary/aromatic N) is 3. The minimum Gasteiger partial charge on any atom is -0.277 e. The summed E-state index contributed by atoms with van der Waals surface area (Å²) in [5.41, 5.74) is 6.72. The number of aromatic nitrogens is 3. The summed E-state index contributed by atoms with van der Waals surface area (Å²) < 4.78 is 6.17. The van der Waals surface area contributed by atoms with Crippen LogP contribution in [-0.2, 0) is 0 Å². The molecule has 0 unspecified atom stereocenters. The van der Waals surface area contributed by atoms with Crippen molar-refractivity contribution in [2.24, 2.45) is 0 Å². The summed E-state index contributed by atoms with van der Waals surface area (Å²) in [7, 11) is 0. The average Bonchev–Trinajstić information content (AvgIpc) is 3.90.